The molecule has 3 aromatic carbocycles. The molecule has 7 nitrogen and oxygen atoms in total. The Morgan fingerprint density at radius 3 is 2.64 bits per heavy atom. The number of fused-ring (bicyclic) bond motifs is 1. The van der Waals surface area contributed by atoms with E-state index in [1.807, 2.05) is 12.1 Å². The number of rotatable bonds is 6. The average Bonchev–Trinajstić information content (AvgIpc) is 2.82. The minimum atomic E-state index is -0.330. The molecular formula is C24H20ClN3O4S. The lowest BCUT2D eigenvalue weighted by Gasteiger charge is -2.13. The highest BCUT2D eigenvalue weighted by Crippen LogP contribution is 2.27. The van der Waals surface area contributed by atoms with Crippen LogP contribution in [0.4, 0.5) is 0 Å². The number of nitrogens with one attached hydrogen (secondary N) is 2. The molecule has 33 heavy (non-hydrogen) atoms. The Morgan fingerprint density at radius 1 is 1.09 bits per heavy atom. The van der Waals surface area contributed by atoms with Gasteiger partial charge in [0.1, 0.15) is 11.5 Å². The zero-order valence-corrected chi connectivity index (χ0v) is 19.4. The Balaban J connectivity index is 1.69. The summed E-state index contributed by atoms with van der Waals surface area (Å²) in [6, 6.07) is 17.2. The van der Waals surface area contributed by atoms with E-state index in [-0.39, 0.29) is 16.2 Å². The van der Waals surface area contributed by atoms with Crippen molar-refractivity contribution in [1.29, 1.82) is 0 Å². The van der Waals surface area contributed by atoms with Gasteiger partial charge in [-0.05, 0) is 60.2 Å². The van der Waals surface area contributed by atoms with Crippen LogP contribution in [0.5, 0.6) is 11.5 Å². The van der Waals surface area contributed by atoms with E-state index in [1.54, 1.807) is 55.6 Å². The molecule has 0 aliphatic carbocycles. The number of hydrogen-bond acceptors (Lipinski definition) is 5. The van der Waals surface area contributed by atoms with Crippen LogP contribution in [0.3, 0.4) is 0 Å². The van der Waals surface area contributed by atoms with E-state index >= 15 is 0 Å². The molecule has 9 heteroatoms. The highest BCUT2D eigenvalue weighted by molar-refractivity contribution is 7.71. The van der Waals surface area contributed by atoms with Crippen LogP contribution >= 0.6 is 23.8 Å². The van der Waals surface area contributed by atoms with Crippen LogP contribution < -0.4 is 20.3 Å². The number of nitrogens with zero attached hydrogens (tertiary/aromatic N) is 1. The standard InChI is InChI=1S/C24H20ClN3O4S/c1-31-17-7-9-20(21(12-17)32-2)28-23(30)18-8-6-15(11-19(18)27-24(28)33)22(29)26-13-14-4-3-5-16(25)10-14/h3-12H,13H2,1-2H3,(H,26,29)(H,27,33). The highest BCUT2D eigenvalue weighted by atomic mass is 35.5. The number of carbonyl (C=O) groups excluding carboxylic acids is 1. The van der Waals surface area contributed by atoms with Crippen molar-refractivity contribution in [1.82, 2.24) is 14.9 Å². The van der Waals surface area contributed by atoms with Gasteiger partial charge in [0.05, 0.1) is 30.8 Å². The van der Waals surface area contributed by atoms with Gasteiger partial charge < -0.3 is 19.8 Å². The molecule has 1 amide bonds. The van der Waals surface area contributed by atoms with Crippen LogP contribution in [-0.2, 0) is 6.54 Å². The van der Waals surface area contributed by atoms with Crippen LogP contribution in [0.25, 0.3) is 16.6 Å². The summed E-state index contributed by atoms with van der Waals surface area (Å²) in [5.41, 5.74) is 1.89. The number of amides is 1. The highest BCUT2D eigenvalue weighted by Gasteiger charge is 2.15. The quantitative estimate of drug-likeness (QED) is 0.391. The van der Waals surface area contributed by atoms with Crippen molar-refractivity contribution in [2.45, 2.75) is 6.54 Å². The minimum absolute atomic E-state index is 0.174. The third kappa shape index (κ3) is 4.62. The summed E-state index contributed by atoms with van der Waals surface area (Å²) in [6.45, 7) is 0.326. The van der Waals surface area contributed by atoms with Crippen molar-refractivity contribution in [3.8, 4) is 17.2 Å². The third-order valence-electron chi connectivity index (χ3n) is 5.13. The lowest BCUT2D eigenvalue weighted by atomic mass is 10.1. The number of H-pyrrole nitrogens is 1. The monoisotopic (exact) mass is 481 g/mol. The van der Waals surface area contributed by atoms with E-state index in [4.69, 9.17) is 33.3 Å². The number of hydrogen-bond donors (Lipinski definition) is 2. The van der Waals surface area contributed by atoms with Crippen molar-refractivity contribution >= 4 is 40.6 Å². The maximum absolute atomic E-state index is 13.3. The molecule has 1 heterocycles. The summed E-state index contributed by atoms with van der Waals surface area (Å²) in [5, 5.41) is 3.83. The fraction of sp³-hybridized carbons (Fsp3) is 0.125. The number of carbonyl (C=O) groups is 1. The maximum Gasteiger partial charge on any atom is 0.266 e. The molecule has 4 rings (SSSR count). The second-order valence-electron chi connectivity index (χ2n) is 7.18. The van der Waals surface area contributed by atoms with Crippen LogP contribution in [0, 0.1) is 4.77 Å². The lowest BCUT2D eigenvalue weighted by Crippen LogP contribution is -2.24. The summed E-state index contributed by atoms with van der Waals surface area (Å²) in [6.07, 6.45) is 0. The van der Waals surface area contributed by atoms with E-state index in [1.165, 1.54) is 11.7 Å². The predicted octanol–water partition coefficient (Wildman–Crippen LogP) is 4.65. The topological polar surface area (TPSA) is 85.4 Å². The molecule has 4 aromatic rings. The van der Waals surface area contributed by atoms with Gasteiger partial charge in [0.25, 0.3) is 11.5 Å². The molecule has 0 saturated heterocycles. The van der Waals surface area contributed by atoms with Gasteiger partial charge >= 0.3 is 0 Å². The number of benzene rings is 3. The molecule has 0 atom stereocenters. The number of aromatic nitrogens is 2. The molecule has 1 aromatic heterocycles. The summed E-state index contributed by atoms with van der Waals surface area (Å²) in [5.74, 6) is 0.747. The number of methoxy groups -OCH3 is 2. The summed E-state index contributed by atoms with van der Waals surface area (Å²) < 4.78 is 12.2. The van der Waals surface area contributed by atoms with Gasteiger partial charge in [0.15, 0.2) is 4.77 Å². The summed E-state index contributed by atoms with van der Waals surface area (Å²) in [4.78, 5) is 29.0. The van der Waals surface area contributed by atoms with E-state index in [0.29, 0.717) is 45.2 Å². The molecule has 0 unspecified atom stereocenters. The molecule has 0 spiro atoms. The van der Waals surface area contributed by atoms with Crippen LogP contribution in [0.2, 0.25) is 5.02 Å². The molecule has 0 bridgehead atoms. The van der Waals surface area contributed by atoms with Gasteiger partial charge in [-0.2, -0.15) is 0 Å². The molecule has 0 aliphatic heterocycles. The third-order valence-corrected chi connectivity index (χ3v) is 5.65. The Morgan fingerprint density at radius 2 is 1.91 bits per heavy atom. The van der Waals surface area contributed by atoms with Crippen molar-refractivity contribution in [2.75, 3.05) is 14.2 Å². The van der Waals surface area contributed by atoms with E-state index in [9.17, 15) is 9.59 Å². The Bertz CT molecular complexity index is 1480. The molecule has 168 valence electrons. The van der Waals surface area contributed by atoms with Crippen LogP contribution in [0.15, 0.2) is 65.5 Å². The zero-order chi connectivity index (χ0) is 23.5. The van der Waals surface area contributed by atoms with Gasteiger partial charge in [0, 0.05) is 23.2 Å². The Hall–Kier alpha value is -3.62. The summed E-state index contributed by atoms with van der Waals surface area (Å²) >= 11 is 11.5. The summed E-state index contributed by atoms with van der Waals surface area (Å²) in [7, 11) is 3.05. The van der Waals surface area contributed by atoms with Gasteiger partial charge in [-0.25, -0.2) is 4.57 Å². The van der Waals surface area contributed by atoms with Gasteiger partial charge in [0.2, 0.25) is 0 Å². The smallest absolute Gasteiger partial charge is 0.266 e. The van der Waals surface area contributed by atoms with Gasteiger partial charge in [-0.15, -0.1) is 0 Å². The molecule has 0 fully saturated rings. The van der Waals surface area contributed by atoms with Gasteiger partial charge in [-0.3, -0.25) is 9.59 Å². The number of halogens is 1. The normalized spacial score (nSPS) is 10.8. The first-order chi connectivity index (χ1) is 15.9. The molecule has 0 radical (unpaired) electrons. The largest absolute Gasteiger partial charge is 0.497 e. The lowest BCUT2D eigenvalue weighted by molar-refractivity contribution is 0.0951. The first-order valence-electron chi connectivity index (χ1n) is 9.95. The fourth-order valence-corrected chi connectivity index (χ4v) is 3.98. The van der Waals surface area contributed by atoms with Crippen molar-refractivity contribution in [3.05, 3.63) is 91.9 Å². The maximum atomic E-state index is 13.3. The number of aromatic amines is 1. The fourth-order valence-electron chi connectivity index (χ4n) is 3.48. The van der Waals surface area contributed by atoms with Crippen LogP contribution in [-0.4, -0.2) is 29.7 Å². The van der Waals surface area contributed by atoms with E-state index in [2.05, 4.69) is 10.3 Å². The van der Waals surface area contributed by atoms with E-state index < -0.39 is 0 Å². The Kier molecular flexibility index (Phi) is 6.48. The van der Waals surface area contributed by atoms with Crippen molar-refractivity contribution in [3.63, 3.8) is 0 Å². The molecule has 2 N–H and O–H groups in total. The number of ether oxygens (including phenoxy) is 2. The second-order valence-corrected chi connectivity index (χ2v) is 8.00. The minimum Gasteiger partial charge on any atom is -0.497 e. The van der Waals surface area contributed by atoms with Gasteiger partial charge in [-0.1, -0.05) is 23.7 Å². The van der Waals surface area contributed by atoms with Crippen molar-refractivity contribution < 1.29 is 14.3 Å². The SMILES string of the molecule is COc1ccc(-n2c(=S)[nH]c3cc(C(=O)NCc4cccc(Cl)c4)ccc3c2=O)c(OC)c1. The molecule has 0 aliphatic rings. The van der Waals surface area contributed by atoms with Crippen LogP contribution in [0.1, 0.15) is 15.9 Å². The molecular weight excluding hydrogens is 462 g/mol. The van der Waals surface area contributed by atoms with Crippen molar-refractivity contribution in [2.24, 2.45) is 0 Å². The average molecular weight is 482 g/mol. The van der Waals surface area contributed by atoms with E-state index in [0.717, 1.165) is 5.56 Å². The Labute approximate surface area is 199 Å². The zero-order valence-electron chi connectivity index (χ0n) is 17.8. The first-order valence-corrected chi connectivity index (χ1v) is 10.7. The first kappa shape index (κ1) is 22.6. The predicted molar refractivity (Wildman–Crippen MR) is 130 cm³/mol. The molecule has 0 saturated carbocycles. The second kappa shape index (κ2) is 9.48.